The molecule has 7 atom stereocenters. The third-order valence-corrected chi connectivity index (χ3v) is 29.3. The molecule has 15 rings (SSSR count). The summed E-state index contributed by atoms with van der Waals surface area (Å²) in [5, 5.41) is 3.95. The van der Waals surface area contributed by atoms with Crippen LogP contribution >= 0.6 is 81.2 Å². The van der Waals surface area contributed by atoms with Crippen molar-refractivity contribution >= 4 is 81.2 Å². The first-order valence-electron chi connectivity index (χ1n) is 43.9. The average Bonchev–Trinajstić information content (AvgIpc) is 0.751. The summed E-state index contributed by atoms with van der Waals surface area (Å²) in [7, 11) is 0. The van der Waals surface area contributed by atoms with Gasteiger partial charge in [0.1, 0.15) is 22.4 Å². The normalized spacial score (nSPS) is 28.6. The van der Waals surface area contributed by atoms with E-state index in [-0.39, 0.29) is 26.4 Å². The fraction of sp³-hybridized carbons (Fsp3) is 0.760. The fourth-order valence-electron chi connectivity index (χ4n) is 19.5. The highest BCUT2D eigenvalue weighted by Gasteiger charge is 2.56. The van der Waals surface area contributed by atoms with E-state index in [0.717, 1.165) is 150 Å². The second-order valence-electron chi connectivity index (χ2n) is 39.3. The molecule has 4 aromatic rings. The first kappa shape index (κ1) is 102. The SMILES string of the molecule is CC.CC.CC(C)(C)C12CCC(F)(CC1)CC2.CC(C)(C)C1CCN(C(c2cc(Cl)cc(Cl)c2)C(F)(F)F)CC1.CC(C)[C@H]1CCCN([C@H](C)c2cc(Cl)cc(Cl)c2)C1.CC1C2CC3CC1CC(F)(C3)C2.CC1CCC(C)(C(C)C)CC1.CCOc1ncc(C(C)(C)C)cc1Cl.C[C@H]1CCCN([C@@H](C)c2cc(Cl)cc(Cl)c2)C1. The lowest BCUT2D eigenvalue weighted by molar-refractivity contribution is -0.190. The van der Waals surface area contributed by atoms with Crippen molar-refractivity contribution in [1.29, 1.82) is 0 Å². The summed E-state index contributed by atoms with van der Waals surface area (Å²) in [6, 6.07) is 16.9. The van der Waals surface area contributed by atoms with Crippen LogP contribution in [-0.2, 0) is 5.41 Å². The molecule has 3 saturated heterocycles. The Morgan fingerprint density at radius 1 is 0.513 bits per heavy atom. The monoisotopic (exact) mass is 1720 g/mol. The number of piperidine rings is 3. The van der Waals surface area contributed by atoms with Gasteiger partial charge >= 0.3 is 6.18 Å². The van der Waals surface area contributed by atoms with Crippen LogP contribution in [0, 0.1) is 80.8 Å². The number of likely N-dealkylation sites (tertiary alicyclic amines) is 3. The van der Waals surface area contributed by atoms with Crippen LogP contribution in [0.4, 0.5) is 22.0 Å². The van der Waals surface area contributed by atoms with E-state index in [1.54, 1.807) is 12.1 Å². The molecule has 3 aromatic carbocycles. The summed E-state index contributed by atoms with van der Waals surface area (Å²) in [5.74, 6) is 8.23. The molecule has 0 amide bonds. The number of rotatable bonds is 10. The fourth-order valence-corrected chi connectivity index (χ4v) is 21.3. The molecule has 3 aliphatic heterocycles. The highest BCUT2D eigenvalue weighted by Crippen LogP contribution is 2.62. The molecule has 8 saturated carbocycles. The lowest BCUT2D eigenvalue weighted by Gasteiger charge is -2.56. The van der Waals surface area contributed by atoms with Gasteiger partial charge in [0.05, 0.1) is 6.61 Å². The second-order valence-corrected chi connectivity index (χ2v) is 42.3. The van der Waals surface area contributed by atoms with Crippen LogP contribution in [0.1, 0.15) is 341 Å². The molecule has 11 fully saturated rings. The van der Waals surface area contributed by atoms with Crippen molar-refractivity contribution < 1.29 is 26.7 Å². The third-order valence-electron chi connectivity index (χ3n) is 27.8. The van der Waals surface area contributed by atoms with Crippen LogP contribution in [0.25, 0.3) is 0 Å². The number of benzene rings is 3. The topological polar surface area (TPSA) is 31.8 Å². The van der Waals surface area contributed by atoms with E-state index in [2.05, 4.69) is 146 Å². The Morgan fingerprint density at radius 2 is 0.947 bits per heavy atom. The number of fused-ring (bicyclic) bond motifs is 3. The van der Waals surface area contributed by atoms with Crippen LogP contribution in [0.5, 0.6) is 5.88 Å². The van der Waals surface area contributed by atoms with Crippen LogP contribution < -0.4 is 4.74 Å². The van der Waals surface area contributed by atoms with Crippen molar-refractivity contribution in [2.75, 3.05) is 45.9 Å². The predicted molar refractivity (Wildman–Crippen MR) is 480 cm³/mol. The Labute approximate surface area is 721 Å². The highest BCUT2D eigenvalue weighted by atomic mass is 35.5. The maximum Gasteiger partial charge on any atom is 0.408 e. The van der Waals surface area contributed by atoms with Gasteiger partial charge in [-0.1, -0.05) is 239 Å². The smallest absolute Gasteiger partial charge is 0.408 e. The molecule has 0 spiro atoms. The van der Waals surface area contributed by atoms with Gasteiger partial charge in [-0.15, -0.1) is 0 Å². The summed E-state index contributed by atoms with van der Waals surface area (Å²) >= 11 is 42.2. The van der Waals surface area contributed by atoms with Crippen molar-refractivity contribution in [2.24, 2.45) is 80.8 Å². The highest BCUT2D eigenvalue weighted by molar-refractivity contribution is 6.36. The minimum Gasteiger partial charge on any atom is -0.477 e. The number of hydrogen-bond acceptors (Lipinski definition) is 5. The van der Waals surface area contributed by atoms with Gasteiger partial charge in [-0.2, -0.15) is 13.2 Å². The Hall–Kier alpha value is -1.83. The third kappa shape index (κ3) is 30.6. The number of alkyl halides is 5. The van der Waals surface area contributed by atoms with Gasteiger partial charge in [-0.3, -0.25) is 14.7 Å². The lowest BCUT2D eigenvalue weighted by Crippen LogP contribution is -2.51. The predicted octanol–water partition coefficient (Wildman–Crippen LogP) is 33.2. The van der Waals surface area contributed by atoms with Gasteiger partial charge in [0.2, 0.25) is 5.88 Å². The average molecular weight is 1720 g/mol. The molecule has 8 aliphatic carbocycles. The summed E-state index contributed by atoms with van der Waals surface area (Å²) < 4.78 is 74.2. The molecule has 11 aliphatic rings. The van der Waals surface area contributed by atoms with Gasteiger partial charge in [0.15, 0.2) is 0 Å². The quantitative estimate of drug-likeness (QED) is 0.148. The minimum atomic E-state index is -4.36. The maximum atomic E-state index is 14.1. The van der Waals surface area contributed by atoms with Crippen LogP contribution in [0.2, 0.25) is 35.2 Å². The van der Waals surface area contributed by atoms with Crippen molar-refractivity contribution in [3.8, 4) is 5.88 Å². The first-order chi connectivity index (χ1) is 52.5. The van der Waals surface area contributed by atoms with E-state index in [4.69, 9.17) is 85.9 Å². The summed E-state index contributed by atoms with van der Waals surface area (Å²) in [4.78, 5) is 10.8. The van der Waals surface area contributed by atoms with E-state index in [9.17, 15) is 22.0 Å². The van der Waals surface area contributed by atoms with E-state index in [1.807, 2.05) is 71.1 Å². The zero-order chi connectivity index (χ0) is 85.2. The number of hydrogen-bond donors (Lipinski definition) is 0. The van der Waals surface area contributed by atoms with Crippen LogP contribution in [0.3, 0.4) is 0 Å². The molecule has 0 N–H and O–H groups in total. The molecule has 1 aromatic heterocycles. The molecule has 0 radical (unpaired) electrons. The van der Waals surface area contributed by atoms with Gasteiger partial charge < -0.3 is 4.74 Å². The zero-order valence-electron chi connectivity index (χ0n) is 74.4. The van der Waals surface area contributed by atoms with Crippen molar-refractivity contribution in [3.63, 3.8) is 0 Å². The molecule has 646 valence electrons. The summed E-state index contributed by atoms with van der Waals surface area (Å²) in [5.41, 5.74) is 3.87. The largest absolute Gasteiger partial charge is 0.477 e. The Kier molecular flexibility index (Phi) is 40.3. The van der Waals surface area contributed by atoms with Crippen LogP contribution in [-0.4, -0.2) is 83.1 Å². The van der Waals surface area contributed by atoms with E-state index in [1.165, 1.54) is 125 Å². The molecule has 113 heavy (non-hydrogen) atoms. The maximum absolute atomic E-state index is 14.1. The standard InChI is InChI=1S/C17H22Cl2F3N.C16H23Cl2N.C14H19Cl2N.C12H21F.C11H16ClNO.C11H17F.C11H22.2C2H6/c1-16(2,3)12-4-6-23(7-5-12)15(17(20,21)22)11-8-13(18)10-14(19)9-11;1-11(2)13-5-4-6-19(10-13)12(3)14-7-15(17)9-16(18)8-14;1-10-4-3-5-17(9-10)11(2)12-6-13(15)8-14(16)7-12;1-10(2,3)11-4-7-12(13,8-5-11)9-6-11;1-5-14-10-9(12)6-8(7-13-10)11(2,3)4;1-7-9-2-8-3-10(7)6-11(12,4-8)5-9;1-9(2)11(4)7-5-10(3)6-8-11;2*1-2/h8-10,12,15H,4-7H2,1-3H3;7-9,11-13H,4-6,10H2,1-3H3;6-8,10-11H,3-5,9H2,1-2H3;4-9H2,1-3H3;6-7H,5H2,1-4H3;7-10H,2-6H2,1H3;9-10H,5-8H2,1-4H3;2*1-2H3/t;12-,13+;10-,11-;;;;;;/m.10....../s1. The molecule has 5 nitrogen and oxygen atoms in total. The van der Waals surface area contributed by atoms with E-state index < -0.39 is 23.6 Å². The van der Waals surface area contributed by atoms with Gasteiger partial charge in [0, 0.05) is 61.5 Å². The van der Waals surface area contributed by atoms with Gasteiger partial charge in [-0.25, -0.2) is 13.8 Å². The molecule has 3 unspecified atom stereocenters. The number of nitrogens with zero attached hydrogens (tertiary/aromatic N) is 4. The molecular weight excluding hydrogens is 1570 g/mol. The number of halogens is 12. The van der Waals surface area contributed by atoms with E-state index >= 15 is 0 Å². The molecule has 4 heterocycles. The number of pyridine rings is 1. The number of aromatic nitrogens is 1. The molecule has 17 heteroatoms. The van der Waals surface area contributed by atoms with Gasteiger partial charge in [-0.05, 0) is 338 Å². The molecule has 6 bridgehead atoms. The molecular formula is C96H152Cl7F5N4O. The Morgan fingerprint density at radius 3 is 1.32 bits per heavy atom. The lowest BCUT2D eigenvalue weighted by atomic mass is 9.50. The minimum absolute atomic E-state index is 0.0708. The Balaban J connectivity index is 0.000000237. The van der Waals surface area contributed by atoms with Crippen LogP contribution in [0.15, 0.2) is 66.9 Å². The zero-order valence-corrected chi connectivity index (χ0v) is 79.7. The number of ether oxygens (including phenoxy) is 1. The van der Waals surface area contributed by atoms with E-state index in [0.29, 0.717) is 64.8 Å². The summed E-state index contributed by atoms with van der Waals surface area (Å²) in [6.07, 6.45) is 21.3. The summed E-state index contributed by atoms with van der Waals surface area (Å²) in [6.45, 7) is 59.2. The van der Waals surface area contributed by atoms with Crippen molar-refractivity contribution in [1.82, 2.24) is 19.7 Å². The second kappa shape index (κ2) is 44.8. The Bertz CT molecular complexity index is 3360. The van der Waals surface area contributed by atoms with Gasteiger partial charge in [0.25, 0.3) is 0 Å². The van der Waals surface area contributed by atoms with Crippen molar-refractivity contribution in [2.45, 2.75) is 342 Å². The first-order valence-corrected chi connectivity index (χ1v) is 46.5. The van der Waals surface area contributed by atoms with Crippen molar-refractivity contribution in [3.05, 3.63) is 124 Å².